The summed E-state index contributed by atoms with van der Waals surface area (Å²) in [6.07, 6.45) is 0.535. The fourth-order valence-corrected chi connectivity index (χ4v) is 3.43. The van der Waals surface area contributed by atoms with Crippen molar-refractivity contribution < 1.29 is 9.84 Å². The molecule has 0 radical (unpaired) electrons. The number of methoxy groups -OCH3 is 1. The average Bonchev–Trinajstić information content (AvgIpc) is 3.12. The van der Waals surface area contributed by atoms with Crippen LogP contribution in [0.2, 0.25) is 0 Å². The van der Waals surface area contributed by atoms with Crippen molar-refractivity contribution in [2.75, 3.05) is 20.2 Å². The van der Waals surface area contributed by atoms with Crippen molar-refractivity contribution in [3.63, 3.8) is 0 Å². The Hall–Kier alpha value is -2.33. The topological polar surface area (TPSA) is 45.1 Å². The third-order valence-corrected chi connectivity index (χ3v) is 4.50. The predicted octanol–water partition coefficient (Wildman–Crippen LogP) is 2.16. The number of amidine groups is 1. The molecule has 2 aromatic carbocycles. The van der Waals surface area contributed by atoms with Crippen LogP contribution >= 0.6 is 0 Å². The fourth-order valence-electron chi connectivity index (χ4n) is 3.43. The van der Waals surface area contributed by atoms with E-state index in [-0.39, 0.29) is 0 Å². The normalized spacial score (nSPS) is 22.3. The first-order valence-corrected chi connectivity index (χ1v) is 7.50. The maximum absolute atomic E-state index is 11.4. The Morgan fingerprint density at radius 1 is 1.18 bits per heavy atom. The van der Waals surface area contributed by atoms with Gasteiger partial charge in [-0.1, -0.05) is 36.4 Å². The molecule has 4 nitrogen and oxygen atoms in total. The van der Waals surface area contributed by atoms with Gasteiger partial charge in [-0.3, -0.25) is 4.99 Å². The van der Waals surface area contributed by atoms with Crippen LogP contribution in [0.3, 0.4) is 0 Å². The molecule has 0 saturated carbocycles. The number of rotatable bonds is 3. The Labute approximate surface area is 129 Å². The van der Waals surface area contributed by atoms with Gasteiger partial charge in [0.2, 0.25) is 0 Å². The molecular formula is C18H18N2O2. The molecule has 2 aromatic rings. The van der Waals surface area contributed by atoms with E-state index in [1.807, 2.05) is 53.4 Å². The zero-order valence-electron chi connectivity index (χ0n) is 12.5. The summed E-state index contributed by atoms with van der Waals surface area (Å²) in [5.74, 6) is 1.75. The van der Waals surface area contributed by atoms with Gasteiger partial charge < -0.3 is 14.7 Å². The molecule has 2 heterocycles. The monoisotopic (exact) mass is 294 g/mol. The highest BCUT2D eigenvalue weighted by molar-refractivity contribution is 6.04. The van der Waals surface area contributed by atoms with Crippen molar-refractivity contribution in [2.45, 2.75) is 12.1 Å². The minimum Gasteiger partial charge on any atom is -0.497 e. The van der Waals surface area contributed by atoms with Gasteiger partial charge in [0, 0.05) is 24.1 Å². The Balaban J connectivity index is 1.74. The van der Waals surface area contributed by atoms with Gasteiger partial charge in [-0.2, -0.15) is 0 Å². The summed E-state index contributed by atoms with van der Waals surface area (Å²) in [4.78, 5) is 6.60. The van der Waals surface area contributed by atoms with Gasteiger partial charge in [0.25, 0.3) is 0 Å². The van der Waals surface area contributed by atoms with Crippen LogP contribution in [0.25, 0.3) is 0 Å². The van der Waals surface area contributed by atoms with E-state index in [4.69, 9.17) is 4.74 Å². The molecule has 0 saturated heterocycles. The van der Waals surface area contributed by atoms with Crippen molar-refractivity contribution in [1.29, 1.82) is 0 Å². The number of nitrogens with zero attached hydrogens (tertiary/aromatic N) is 2. The highest BCUT2D eigenvalue weighted by atomic mass is 16.5. The van der Waals surface area contributed by atoms with Gasteiger partial charge in [-0.25, -0.2) is 0 Å². The van der Waals surface area contributed by atoms with Gasteiger partial charge in [-0.15, -0.1) is 0 Å². The second-order valence-corrected chi connectivity index (χ2v) is 5.74. The molecule has 2 aliphatic heterocycles. The third-order valence-electron chi connectivity index (χ3n) is 4.50. The number of hydrogen-bond acceptors (Lipinski definition) is 4. The number of aliphatic hydroxyl groups is 1. The summed E-state index contributed by atoms with van der Waals surface area (Å²) >= 11 is 0. The molecule has 4 heteroatoms. The Morgan fingerprint density at radius 3 is 2.73 bits per heavy atom. The van der Waals surface area contributed by atoms with E-state index < -0.39 is 5.72 Å². The molecule has 4 rings (SSSR count). The van der Waals surface area contributed by atoms with Gasteiger partial charge in [0.05, 0.1) is 13.7 Å². The Kier molecular flexibility index (Phi) is 2.94. The summed E-state index contributed by atoms with van der Waals surface area (Å²) in [5, 5.41) is 11.4. The number of ether oxygens (including phenoxy) is 1. The van der Waals surface area contributed by atoms with E-state index in [9.17, 15) is 5.11 Å². The Bertz CT molecular complexity index is 739. The lowest BCUT2D eigenvalue weighted by Gasteiger charge is -2.33. The lowest BCUT2D eigenvalue weighted by molar-refractivity contribution is -0.0637. The van der Waals surface area contributed by atoms with Crippen molar-refractivity contribution >= 4 is 5.84 Å². The first-order chi connectivity index (χ1) is 10.7. The van der Waals surface area contributed by atoms with Crippen molar-refractivity contribution in [2.24, 2.45) is 4.99 Å². The van der Waals surface area contributed by atoms with Crippen LogP contribution < -0.4 is 4.74 Å². The number of aliphatic imine (C=N–C) groups is 1. The maximum Gasteiger partial charge on any atom is 0.170 e. The molecule has 2 aliphatic rings. The predicted molar refractivity (Wildman–Crippen MR) is 85.1 cm³/mol. The van der Waals surface area contributed by atoms with E-state index in [0.717, 1.165) is 41.4 Å². The third kappa shape index (κ3) is 1.84. The van der Waals surface area contributed by atoms with Crippen LogP contribution in [0.4, 0.5) is 0 Å². The molecule has 0 bridgehead atoms. The smallest absolute Gasteiger partial charge is 0.170 e. The largest absolute Gasteiger partial charge is 0.497 e. The first kappa shape index (κ1) is 13.3. The van der Waals surface area contributed by atoms with Crippen molar-refractivity contribution in [1.82, 2.24) is 4.90 Å². The van der Waals surface area contributed by atoms with E-state index in [2.05, 4.69) is 4.99 Å². The fraction of sp³-hybridized carbons (Fsp3) is 0.278. The summed E-state index contributed by atoms with van der Waals surface area (Å²) in [6, 6.07) is 15.9. The van der Waals surface area contributed by atoms with Gasteiger partial charge in [0.1, 0.15) is 11.6 Å². The lowest BCUT2D eigenvalue weighted by Crippen LogP contribution is -2.44. The molecule has 112 valence electrons. The maximum atomic E-state index is 11.4. The molecule has 1 atom stereocenters. The van der Waals surface area contributed by atoms with Crippen LogP contribution in [0.5, 0.6) is 5.75 Å². The minimum absolute atomic E-state index is 0.535. The molecule has 0 aromatic heterocycles. The number of benzene rings is 2. The van der Waals surface area contributed by atoms with Gasteiger partial charge in [-0.05, 0) is 17.7 Å². The summed E-state index contributed by atoms with van der Waals surface area (Å²) in [5.41, 5.74) is 2.06. The summed E-state index contributed by atoms with van der Waals surface area (Å²) in [6.45, 7) is 1.51. The highest BCUT2D eigenvalue weighted by Crippen LogP contribution is 2.41. The van der Waals surface area contributed by atoms with Crippen LogP contribution in [-0.2, 0) is 12.1 Å². The van der Waals surface area contributed by atoms with Crippen molar-refractivity contribution in [3.05, 3.63) is 65.2 Å². The van der Waals surface area contributed by atoms with E-state index in [1.165, 1.54) is 0 Å². The summed E-state index contributed by atoms with van der Waals surface area (Å²) < 4.78 is 5.20. The zero-order valence-corrected chi connectivity index (χ0v) is 12.5. The molecule has 22 heavy (non-hydrogen) atoms. The highest BCUT2D eigenvalue weighted by Gasteiger charge is 2.48. The van der Waals surface area contributed by atoms with Crippen molar-refractivity contribution in [3.8, 4) is 5.75 Å². The molecule has 0 fully saturated rings. The van der Waals surface area contributed by atoms with E-state index >= 15 is 0 Å². The average molecular weight is 294 g/mol. The SMILES string of the molecule is COc1ccc(CC2(O)c3ccccc3C3=NCCN32)cc1. The quantitative estimate of drug-likeness (QED) is 0.943. The first-order valence-electron chi connectivity index (χ1n) is 7.50. The van der Waals surface area contributed by atoms with Gasteiger partial charge in [0.15, 0.2) is 5.72 Å². The van der Waals surface area contributed by atoms with E-state index in [1.54, 1.807) is 7.11 Å². The molecule has 0 aliphatic carbocycles. The molecule has 1 N–H and O–H groups in total. The van der Waals surface area contributed by atoms with Gasteiger partial charge >= 0.3 is 0 Å². The minimum atomic E-state index is -1.01. The molecular weight excluding hydrogens is 276 g/mol. The number of fused-ring (bicyclic) bond motifs is 3. The van der Waals surface area contributed by atoms with Crippen LogP contribution in [0.1, 0.15) is 16.7 Å². The second-order valence-electron chi connectivity index (χ2n) is 5.74. The standard InChI is InChI=1S/C18H18N2O2/c1-22-14-8-6-13(7-9-14)12-18(21)16-5-3-2-4-15(16)17-19-10-11-20(17)18/h2-9,21H,10-12H2,1H3. The lowest BCUT2D eigenvalue weighted by atomic mass is 9.94. The number of hydrogen-bond donors (Lipinski definition) is 1. The summed E-state index contributed by atoms with van der Waals surface area (Å²) in [7, 11) is 1.66. The van der Waals surface area contributed by atoms with Crippen LogP contribution in [0.15, 0.2) is 53.5 Å². The molecule has 0 amide bonds. The van der Waals surface area contributed by atoms with Crippen LogP contribution in [-0.4, -0.2) is 36.0 Å². The molecule has 0 spiro atoms. The van der Waals surface area contributed by atoms with Crippen LogP contribution in [0, 0.1) is 0 Å². The second kappa shape index (κ2) is 4.85. The zero-order chi connectivity index (χ0) is 15.2. The molecule has 1 unspecified atom stereocenters. The van der Waals surface area contributed by atoms with E-state index in [0.29, 0.717) is 6.42 Å². The Morgan fingerprint density at radius 2 is 1.95 bits per heavy atom.